The number of carbonyl (C=O) groups excluding carboxylic acids is 6. The number of hydrogen-bond donors (Lipinski definition) is 3. The Labute approximate surface area is 415 Å². The fourth-order valence-corrected chi connectivity index (χ4v) is 8.70. The molecule has 4 rings (SSSR count). The number of amides is 4. The molecule has 0 saturated heterocycles. The number of esters is 2. The number of rotatable bonds is 23. The molecule has 0 aromatic heterocycles. The van der Waals surface area contributed by atoms with Gasteiger partial charge in [0, 0.05) is 24.5 Å². The van der Waals surface area contributed by atoms with Crippen molar-refractivity contribution in [3.8, 4) is 0 Å². The van der Waals surface area contributed by atoms with Gasteiger partial charge in [0.2, 0.25) is 37.2 Å². The number of anilines is 1. The number of primary amides is 1. The summed E-state index contributed by atoms with van der Waals surface area (Å²) in [4.78, 5) is 80.3. The largest absolute Gasteiger partial charge is 0.438 e. The van der Waals surface area contributed by atoms with E-state index in [1.807, 2.05) is 42.5 Å². The molecule has 71 heavy (non-hydrogen) atoms. The molecule has 0 bridgehead atoms. The van der Waals surface area contributed by atoms with Gasteiger partial charge in [0.1, 0.15) is 12.1 Å². The summed E-state index contributed by atoms with van der Waals surface area (Å²) in [5, 5.41) is 5.80. The Morgan fingerprint density at radius 1 is 0.901 bits per heavy atom. The van der Waals surface area contributed by atoms with E-state index < -0.39 is 103 Å². The molecule has 0 radical (unpaired) electrons. The Bertz CT molecular complexity index is 2420. The molecule has 4 atom stereocenters. The summed E-state index contributed by atoms with van der Waals surface area (Å²) in [6, 6.07) is 10.9. The number of ether oxygens (including phenoxy) is 3. The highest BCUT2D eigenvalue weighted by atomic mass is 31.2. The van der Waals surface area contributed by atoms with E-state index in [0.29, 0.717) is 29.3 Å². The number of nitrogens with two attached hydrogens (primary N) is 1. The van der Waals surface area contributed by atoms with Crippen LogP contribution in [-0.4, -0.2) is 79.0 Å². The molecule has 0 saturated carbocycles. The van der Waals surface area contributed by atoms with Gasteiger partial charge in [0.15, 0.2) is 0 Å². The van der Waals surface area contributed by atoms with Crippen molar-refractivity contribution in [2.24, 2.45) is 16.6 Å². The highest BCUT2D eigenvalue weighted by Crippen LogP contribution is 2.65. The minimum atomic E-state index is -5.64. The first-order chi connectivity index (χ1) is 33.1. The number of nitrogens with zero attached hydrogens (tertiary/aromatic N) is 1. The van der Waals surface area contributed by atoms with E-state index in [9.17, 15) is 33.3 Å². The Morgan fingerprint density at radius 2 is 1.48 bits per heavy atom. The fraction of sp³-hybridized carbons (Fsp3) is 0.500. The predicted octanol–water partition coefficient (Wildman–Crippen LogP) is 8.21. The molecule has 0 fully saturated rings. The summed E-state index contributed by atoms with van der Waals surface area (Å²) in [5.74, 6) is -3.89. The second-order valence-corrected chi connectivity index (χ2v) is 21.7. The molecule has 2 aliphatic rings. The van der Waals surface area contributed by atoms with Crippen LogP contribution in [0.15, 0.2) is 90.1 Å². The van der Waals surface area contributed by atoms with E-state index in [-0.39, 0.29) is 32.3 Å². The summed E-state index contributed by atoms with van der Waals surface area (Å²) >= 11 is 0. The van der Waals surface area contributed by atoms with Crippen LogP contribution >= 0.6 is 7.60 Å². The van der Waals surface area contributed by atoms with E-state index in [1.165, 1.54) is 78.0 Å². The number of benzene rings is 2. The van der Waals surface area contributed by atoms with E-state index in [0.717, 1.165) is 29.2 Å². The third kappa shape index (κ3) is 15.3. The third-order valence-corrected chi connectivity index (χ3v) is 13.8. The number of carbonyl (C=O) groups is 6. The number of aryl methyl sites for hydroxylation is 2. The highest BCUT2D eigenvalue weighted by molar-refractivity contribution is 7.55. The Morgan fingerprint density at radius 3 is 2.03 bits per heavy atom. The third-order valence-electron chi connectivity index (χ3n) is 12.0. The van der Waals surface area contributed by atoms with E-state index >= 15 is 8.78 Å². The van der Waals surface area contributed by atoms with Gasteiger partial charge in [0.25, 0.3) is 0 Å². The van der Waals surface area contributed by atoms with Gasteiger partial charge in [-0.25, -0.2) is 0 Å². The summed E-state index contributed by atoms with van der Waals surface area (Å²) in [5.41, 5.74) is 2.93. The zero-order valence-electron chi connectivity index (χ0n) is 42.4. The SMILES string of the molecule is C=C\C(=C/C=C(C)/C(C)=C/C(=O)N[C@H]1CCc2cccc3c2N(C1=O)[C@H](C(=O)N[C@@H](CCC(N)=O)[C@@H](C)OCc1ccc(CC)cc1)C3)C(F)(F)P(=O)(OCOC(=O)C(C)(C)C)OCOC(=O)C(C)(C)C. The van der Waals surface area contributed by atoms with Gasteiger partial charge in [-0.3, -0.25) is 47.3 Å². The average Bonchev–Trinajstić information content (AvgIpc) is 3.64. The molecule has 2 aromatic carbocycles. The maximum absolute atomic E-state index is 16.2. The fourth-order valence-electron chi connectivity index (χ4n) is 7.44. The van der Waals surface area contributed by atoms with Crippen LogP contribution in [0, 0.1) is 10.8 Å². The van der Waals surface area contributed by atoms with Crippen LogP contribution in [0.4, 0.5) is 14.5 Å². The highest BCUT2D eigenvalue weighted by Gasteiger charge is 2.56. The maximum Gasteiger partial charge on any atom is 0.410 e. The van der Waals surface area contributed by atoms with Crippen LogP contribution < -0.4 is 21.3 Å². The smallest absolute Gasteiger partial charge is 0.410 e. The van der Waals surface area contributed by atoms with Gasteiger partial charge < -0.3 is 30.6 Å². The molecule has 4 N–H and O–H groups in total. The van der Waals surface area contributed by atoms with Crippen molar-refractivity contribution in [2.45, 2.75) is 144 Å². The van der Waals surface area contributed by atoms with Crippen LogP contribution in [0.3, 0.4) is 0 Å². The lowest BCUT2D eigenvalue weighted by atomic mass is 9.98. The first kappa shape index (κ1) is 57.8. The van der Waals surface area contributed by atoms with Gasteiger partial charge in [-0.2, -0.15) is 8.78 Å². The Balaban J connectivity index is 1.53. The van der Waals surface area contributed by atoms with Gasteiger partial charge in [-0.15, -0.1) is 0 Å². The van der Waals surface area contributed by atoms with E-state index in [1.54, 1.807) is 6.92 Å². The summed E-state index contributed by atoms with van der Waals surface area (Å²) in [6.45, 7) is 17.3. The Hall–Kier alpha value is -5.81. The number of halogens is 2. The second kappa shape index (κ2) is 24.5. The van der Waals surface area contributed by atoms with Gasteiger partial charge in [-0.1, -0.05) is 74.2 Å². The predicted molar refractivity (Wildman–Crippen MR) is 263 cm³/mol. The Kier molecular flexibility index (Phi) is 20.0. The minimum Gasteiger partial charge on any atom is -0.438 e. The number of para-hydroxylation sites is 1. The molecule has 0 aliphatic carbocycles. The molecule has 19 heteroatoms. The molecule has 0 spiro atoms. The zero-order chi connectivity index (χ0) is 53.1. The molecule has 2 heterocycles. The summed E-state index contributed by atoms with van der Waals surface area (Å²) < 4.78 is 72.2. The zero-order valence-corrected chi connectivity index (χ0v) is 43.3. The van der Waals surface area contributed by atoms with Crippen LogP contribution in [0.1, 0.15) is 111 Å². The molecule has 4 amide bonds. The molecular weight excluding hydrogens is 942 g/mol. The normalized spacial score (nSPS) is 17.7. The van der Waals surface area contributed by atoms with Crippen LogP contribution in [0.2, 0.25) is 0 Å². The lowest BCUT2D eigenvalue weighted by Crippen LogP contribution is -2.56. The molecular formula is C52H69F2N4O12P. The summed E-state index contributed by atoms with van der Waals surface area (Å²) in [7, 11) is -5.64. The van der Waals surface area contributed by atoms with Crippen molar-refractivity contribution >= 4 is 48.9 Å². The monoisotopic (exact) mass is 1010 g/mol. The minimum absolute atomic E-state index is 0.0166. The number of hydrogen-bond acceptors (Lipinski definition) is 12. The van der Waals surface area contributed by atoms with Crippen molar-refractivity contribution < 1.29 is 65.4 Å². The van der Waals surface area contributed by atoms with Crippen LogP contribution in [0.5, 0.6) is 0 Å². The molecule has 0 unspecified atom stereocenters. The maximum atomic E-state index is 16.2. The molecule has 388 valence electrons. The number of nitrogens with one attached hydrogen (secondary N) is 2. The van der Waals surface area contributed by atoms with Gasteiger partial charge in [0.05, 0.1) is 35.3 Å². The number of alkyl halides is 2. The van der Waals surface area contributed by atoms with Crippen LogP contribution in [-0.2, 0) is 82.5 Å². The quantitative estimate of drug-likeness (QED) is 0.0315. The van der Waals surface area contributed by atoms with Gasteiger partial charge >= 0.3 is 25.2 Å². The lowest BCUT2D eigenvalue weighted by molar-refractivity contribution is -0.163. The topological polar surface area (TPSA) is 219 Å². The van der Waals surface area contributed by atoms with Crippen molar-refractivity contribution in [3.05, 3.63) is 112 Å². The van der Waals surface area contributed by atoms with E-state index in [2.05, 4.69) is 24.1 Å². The lowest BCUT2D eigenvalue weighted by Gasteiger charge is -2.31. The van der Waals surface area contributed by atoms with Crippen molar-refractivity contribution in [1.29, 1.82) is 0 Å². The standard InChI is InChI=1S/C52H69F2N4O12P/c1-12-35-18-20-36(21-19-35)29-66-34(5)40(25-26-43(55)59)57-46(61)42-28-38-16-14-15-37-22-24-41(47(62)58(42)45(37)38)56-44(60)27-33(4)32(3)17-23-39(13-2)52(53,54)71(65,69-30-67-48(63)50(6,7)8)70-31-68-49(64)51(9,10)11/h13-21,23,27,34,40-42H,2,12,22,24-26,28-31H2,1,3-11H3,(H2,55,59)(H,56,60)(H,57,61)/b32-17+,33-27+,39-23+/t34-,40+,41+,42+/m1/s1. The molecule has 2 aliphatic heterocycles. The van der Waals surface area contributed by atoms with Gasteiger partial charge in [-0.05, 0) is 121 Å². The van der Waals surface area contributed by atoms with Crippen molar-refractivity contribution in [2.75, 3.05) is 18.5 Å². The number of allylic oxidation sites excluding steroid dienone is 6. The molecule has 2 aromatic rings. The first-order valence-electron chi connectivity index (χ1n) is 23.5. The second-order valence-electron chi connectivity index (χ2n) is 19.7. The average molecular weight is 1010 g/mol. The van der Waals surface area contributed by atoms with Crippen molar-refractivity contribution in [3.63, 3.8) is 0 Å². The van der Waals surface area contributed by atoms with Crippen LogP contribution in [0.25, 0.3) is 0 Å². The van der Waals surface area contributed by atoms with E-state index in [4.69, 9.17) is 29.0 Å². The van der Waals surface area contributed by atoms with Crippen molar-refractivity contribution in [1.82, 2.24) is 10.6 Å². The first-order valence-corrected chi connectivity index (χ1v) is 25.0. The summed E-state index contributed by atoms with van der Waals surface area (Å²) in [6.07, 6.45) is 5.32. The molecule has 16 nitrogen and oxygen atoms in total.